The molecule has 0 spiro atoms. The van der Waals surface area contributed by atoms with Crippen LogP contribution in [0.15, 0.2) is 24.3 Å². The molecule has 1 aliphatic rings. The Labute approximate surface area is 137 Å². The summed E-state index contributed by atoms with van der Waals surface area (Å²) in [6.45, 7) is 4.18. The molecule has 0 heterocycles. The van der Waals surface area contributed by atoms with Crippen molar-refractivity contribution in [1.82, 2.24) is 5.32 Å². The van der Waals surface area contributed by atoms with Crippen LogP contribution in [-0.2, 0) is 4.79 Å². The van der Waals surface area contributed by atoms with E-state index >= 15 is 0 Å². The topological polar surface area (TPSA) is 84.2 Å². The number of anilines is 1. The molecule has 1 aliphatic carbocycles. The number of rotatable bonds is 6. The van der Waals surface area contributed by atoms with Gasteiger partial charge in [-0.05, 0) is 43.0 Å². The highest BCUT2D eigenvalue weighted by Crippen LogP contribution is 2.31. The van der Waals surface area contributed by atoms with Gasteiger partial charge >= 0.3 is 0 Å². The van der Waals surface area contributed by atoms with E-state index in [0.717, 1.165) is 0 Å². The third kappa shape index (κ3) is 5.31. The molecule has 0 bridgehead atoms. The second-order valence-corrected chi connectivity index (χ2v) is 5.93. The van der Waals surface area contributed by atoms with Crippen LogP contribution in [0, 0.1) is 11.8 Å². The van der Waals surface area contributed by atoms with Crippen LogP contribution in [0.5, 0.6) is 0 Å². The van der Waals surface area contributed by atoms with E-state index in [1.165, 1.54) is 12.8 Å². The first-order valence-electron chi connectivity index (χ1n) is 7.42. The van der Waals surface area contributed by atoms with Crippen molar-refractivity contribution < 1.29 is 9.59 Å². The van der Waals surface area contributed by atoms with Crippen molar-refractivity contribution in [3.63, 3.8) is 0 Å². The summed E-state index contributed by atoms with van der Waals surface area (Å²) in [5.41, 5.74) is 7.21. The van der Waals surface area contributed by atoms with Crippen molar-refractivity contribution in [2.24, 2.45) is 17.6 Å². The molecule has 4 N–H and O–H groups in total. The van der Waals surface area contributed by atoms with E-state index in [1.807, 2.05) is 13.8 Å². The number of amides is 2. The summed E-state index contributed by atoms with van der Waals surface area (Å²) in [7, 11) is 0. The Balaban J connectivity index is 0.00000242. The fourth-order valence-electron chi connectivity index (χ4n) is 2.00. The predicted octanol–water partition coefficient (Wildman–Crippen LogP) is 2.17. The molecule has 1 fully saturated rings. The first kappa shape index (κ1) is 18.5. The molecule has 22 heavy (non-hydrogen) atoms. The van der Waals surface area contributed by atoms with Crippen molar-refractivity contribution in [1.29, 1.82) is 0 Å². The summed E-state index contributed by atoms with van der Waals surface area (Å²) in [5, 5.41) is 5.64. The number of benzene rings is 1. The molecule has 1 unspecified atom stereocenters. The van der Waals surface area contributed by atoms with Gasteiger partial charge in [-0.15, -0.1) is 12.4 Å². The Morgan fingerprint density at radius 1 is 1.23 bits per heavy atom. The highest BCUT2D eigenvalue weighted by molar-refractivity contribution is 5.96. The lowest BCUT2D eigenvalue weighted by atomic mass is 10.1. The number of carbonyl (C=O) groups is 2. The molecule has 6 heteroatoms. The second kappa shape index (κ2) is 8.15. The quantitative estimate of drug-likeness (QED) is 0.749. The molecule has 1 aromatic rings. The van der Waals surface area contributed by atoms with Crippen molar-refractivity contribution in [2.75, 3.05) is 11.9 Å². The van der Waals surface area contributed by atoms with E-state index < -0.39 is 0 Å². The van der Waals surface area contributed by atoms with Gasteiger partial charge in [0.1, 0.15) is 0 Å². The minimum atomic E-state index is -0.132. The van der Waals surface area contributed by atoms with Gasteiger partial charge in [0, 0.05) is 29.8 Å². The largest absolute Gasteiger partial charge is 0.350 e. The van der Waals surface area contributed by atoms with Gasteiger partial charge in [-0.2, -0.15) is 0 Å². The molecule has 0 aromatic heterocycles. The highest BCUT2D eigenvalue weighted by Gasteiger charge is 2.28. The van der Waals surface area contributed by atoms with Gasteiger partial charge in [0.15, 0.2) is 0 Å². The normalized spacial score (nSPS) is 14.9. The number of nitrogens with two attached hydrogens (primary N) is 1. The third-order valence-corrected chi connectivity index (χ3v) is 3.66. The van der Waals surface area contributed by atoms with Crippen molar-refractivity contribution in [3.8, 4) is 0 Å². The monoisotopic (exact) mass is 325 g/mol. The van der Waals surface area contributed by atoms with Crippen LogP contribution < -0.4 is 16.4 Å². The lowest BCUT2D eigenvalue weighted by Crippen LogP contribution is -2.38. The van der Waals surface area contributed by atoms with E-state index in [9.17, 15) is 9.59 Å². The molecular formula is C16H24ClN3O2. The molecular weight excluding hydrogens is 302 g/mol. The lowest BCUT2D eigenvalue weighted by Gasteiger charge is -2.12. The molecule has 5 nitrogen and oxygen atoms in total. The Bertz CT molecular complexity index is 513. The fraction of sp³-hybridized carbons (Fsp3) is 0.500. The van der Waals surface area contributed by atoms with Crippen molar-refractivity contribution in [2.45, 2.75) is 32.7 Å². The zero-order chi connectivity index (χ0) is 15.4. The average molecular weight is 326 g/mol. The number of halogens is 1. The Morgan fingerprint density at radius 3 is 2.32 bits per heavy atom. The van der Waals surface area contributed by atoms with Crippen molar-refractivity contribution in [3.05, 3.63) is 29.8 Å². The Kier molecular flexibility index (Phi) is 6.84. The smallest absolute Gasteiger partial charge is 0.251 e. The second-order valence-electron chi connectivity index (χ2n) is 5.93. The third-order valence-electron chi connectivity index (χ3n) is 3.66. The molecule has 2 rings (SSSR count). The first-order chi connectivity index (χ1) is 9.97. The molecule has 1 saturated carbocycles. The molecule has 0 aliphatic heterocycles. The summed E-state index contributed by atoms with van der Waals surface area (Å²) in [6, 6.07) is 6.92. The van der Waals surface area contributed by atoms with Crippen LogP contribution in [0.3, 0.4) is 0 Å². The fourth-order valence-corrected chi connectivity index (χ4v) is 2.00. The van der Waals surface area contributed by atoms with Crippen LogP contribution >= 0.6 is 12.4 Å². The van der Waals surface area contributed by atoms with Crippen LogP contribution in [0.25, 0.3) is 0 Å². The van der Waals surface area contributed by atoms with Crippen molar-refractivity contribution >= 4 is 29.9 Å². The van der Waals surface area contributed by atoms with Crippen LogP contribution in [0.2, 0.25) is 0 Å². The minimum Gasteiger partial charge on any atom is -0.350 e. The Morgan fingerprint density at radius 2 is 1.82 bits per heavy atom. The maximum atomic E-state index is 12.0. The van der Waals surface area contributed by atoms with Gasteiger partial charge in [0.05, 0.1) is 0 Å². The summed E-state index contributed by atoms with van der Waals surface area (Å²) >= 11 is 0. The number of nitrogens with one attached hydrogen (secondary N) is 2. The molecule has 0 radical (unpaired) electrons. The molecule has 0 saturated heterocycles. The number of hydrogen-bond acceptors (Lipinski definition) is 3. The van der Waals surface area contributed by atoms with Crippen LogP contribution in [0.4, 0.5) is 5.69 Å². The average Bonchev–Trinajstić information content (AvgIpc) is 3.29. The predicted molar refractivity (Wildman–Crippen MR) is 90.2 cm³/mol. The van der Waals surface area contributed by atoms with E-state index in [4.69, 9.17) is 5.73 Å². The van der Waals surface area contributed by atoms with Crippen LogP contribution in [0.1, 0.15) is 37.0 Å². The van der Waals surface area contributed by atoms with Gasteiger partial charge < -0.3 is 16.4 Å². The summed E-state index contributed by atoms with van der Waals surface area (Å²) in [6.07, 6.45) is 2.34. The maximum Gasteiger partial charge on any atom is 0.251 e. The standard InChI is InChI=1S/C16H23N3O2.ClH/c1-10(2)15(20)19-13-7-5-12(6-8-13)16(21)18-9-14(17)11-3-4-11;/h5-8,10-11,14H,3-4,9,17H2,1-2H3,(H,18,21)(H,19,20);1H. The summed E-state index contributed by atoms with van der Waals surface area (Å²) in [4.78, 5) is 23.6. The van der Waals surface area contributed by atoms with E-state index in [-0.39, 0.29) is 36.2 Å². The lowest BCUT2D eigenvalue weighted by molar-refractivity contribution is -0.118. The zero-order valence-corrected chi connectivity index (χ0v) is 13.8. The van der Waals surface area contributed by atoms with Gasteiger partial charge in [0.25, 0.3) is 5.91 Å². The summed E-state index contributed by atoms with van der Waals surface area (Å²) in [5.74, 6) is 0.325. The molecule has 122 valence electrons. The van der Waals surface area contributed by atoms with E-state index in [0.29, 0.717) is 23.7 Å². The SMILES string of the molecule is CC(C)C(=O)Nc1ccc(C(=O)NCC(N)C2CC2)cc1.Cl. The first-order valence-corrected chi connectivity index (χ1v) is 7.42. The van der Waals surface area contributed by atoms with Gasteiger partial charge in [-0.1, -0.05) is 13.8 Å². The van der Waals surface area contributed by atoms with E-state index in [2.05, 4.69) is 10.6 Å². The van der Waals surface area contributed by atoms with E-state index in [1.54, 1.807) is 24.3 Å². The molecule has 1 aromatic carbocycles. The van der Waals surface area contributed by atoms with Gasteiger partial charge in [0.2, 0.25) is 5.91 Å². The molecule has 2 amide bonds. The maximum absolute atomic E-state index is 12.0. The summed E-state index contributed by atoms with van der Waals surface area (Å²) < 4.78 is 0. The molecule has 1 atom stereocenters. The van der Waals surface area contributed by atoms with Gasteiger partial charge in [-0.3, -0.25) is 9.59 Å². The highest BCUT2D eigenvalue weighted by atomic mass is 35.5. The van der Waals surface area contributed by atoms with Crippen LogP contribution in [-0.4, -0.2) is 24.4 Å². The number of carbonyl (C=O) groups excluding carboxylic acids is 2. The number of hydrogen-bond donors (Lipinski definition) is 3. The Hall–Kier alpha value is -1.59. The zero-order valence-electron chi connectivity index (χ0n) is 13.0. The minimum absolute atomic E-state index is 0. The van der Waals surface area contributed by atoms with Gasteiger partial charge in [-0.25, -0.2) is 0 Å².